The van der Waals surface area contributed by atoms with E-state index in [9.17, 15) is 14.4 Å². The Morgan fingerprint density at radius 3 is 1.10 bits per heavy atom. The summed E-state index contributed by atoms with van der Waals surface area (Å²) in [6, 6.07) is 0.636. The van der Waals surface area contributed by atoms with Gasteiger partial charge >= 0.3 is 11.9 Å². The number of carbonyl (C=O) groups excluding carboxylic acids is 3. The highest BCUT2D eigenvalue weighted by molar-refractivity contribution is 5.81. The minimum atomic E-state index is -0.142. The second-order valence-corrected chi connectivity index (χ2v) is 25.3. The van der Waals surface area contributed by atoms with E-state index < -0.39 is 0 Å². The molecule has 0 aliphatic rings. The summed E-state index contributed by atoms with van der Waals surface area (Å²) in [6.45, 7) is 17.1. The second-order valence-electron chi connectivity index (χ2n) is 25.3. The molecule has 0 fully saturated rings. The monoisotopic (exact) mass is 1130 g/mol. The first-order valence-corrected chi connectivity index (χ1v) is 36.1. The van der Waals surface area contributed by atoms with E-state index in [0.717, 1.165) is 70.9 Å². The largest absolute Gasteiger partial charge is 0.465 e. The lowest BCUT2D eigenvalue weighted by atomic mass is 9.95. The quantitative estimate of drug-likeness (QED) is 0.0369. The standard InChI is InChI=1S/C39H78N2O2.C34H66O3/c1-6-9-12-15-17-18-20-25-31-38(40-34-28-35-41(4)5)32-26-21-22-27-33-39(42)43-36-37(29-23-14-11-8-3)30-24-19-16-13-10-7-2;1-4-7-10-13-15-16-18-23-28-33(35)29-24-19-20-25-30-34(36)37-31-32(26-21-12-9-6-3)27-22-17-14-11-8-5-2/h27,33,37-38,40H,6-26,28-32,34-36H2,1-5H3;32H,4-31H2,1-3H3. The van der Waals surface area contributed by atoms with Crippen LogP contribution < -0.4 is 5.32 Å². The third-order valence-corrected chi connectivity index (χ3v) is 16.7. The molecule has 0 spiro atoms. The van der Waals surface area contributed by atoms with Gasteiger partial charge in [-0.2, -0.15) is 0 Å². The lowest BCUT2D eigenvalue weighted by molar-refractivity contribution is -0.145. The van der Waals surface area contributed by atoms with Crippen LogP contribution in [0.15, 0.2) is 12.2 Å². The maximum absolute atomic E-state index is 12.4. The zero-order valence-electron chi connectivity index (χ0n) is 55.7. The predicted molar refractivity (Wildman–Crippen MR) is 352 cm³/mol. The topological polar surface area (TPSA) is 84.9 Å². The van der Waals surface area contributed by atoms with Gasteiger partial charge in [-0.3, -0.25) is 9.59 Å². The summed E-state index contributed by atoms with van der Waals surface area (Å²) in [7, 11) is 4.31. The molecular weight excluding hydrogens is 985 g/mol. The van der Waals surface area contributed by atoms with E-state index >= 15 is 0 Å². The summed E-state index contributed by atoms with van der Waals surface area (Å²) < 4.78 is 11.4. The number of ether oxygens (including phenoxy) is 2. The number of carbonyl (C=O) groups is 3. The fraction of sp³-hybridized carbons (Fsp3) is 0.932. The maximum Gasteiger partial charge on any atom is 0.330 e. The Morgan fingerprint density at radius 2 is 0.700 bits per heavy atom. The van der Waals surface area contributed by atoms with Crippen molar-refractivity contribution >= 4 is 17.7 Å². The normalized spacial score (nSPS) is 12.7. The van der Waals surface area contributed by atoms with Gasteiger partial charge in [0.1, 0.15) is 5.78 Å². The van der Waals surface area contributed by atoms with Crippen LogP contribution in [0.2, 0.25) is 0 Å². The van der Waals surface area contributed by atoms with Gasteiger partial charge in [0, 0.05) is 31.4 Å². The van der Waals surface area contributed by atoms with Crippen LogP contribution in [0.4, 0.5) is 0 Å². The van der Waals surface area contributed by atoms with Crippen molar-refractivity contribution in [3.63, 3.8) is 0 Å². The molecule has 0 saturated carbocycles. The number of nitrogens with zero attached hydrogens (tertiary/aromatic N) is 1. The van der Waals surface area contributed by atoms with Crippen LogP contribution in [0.3, 0.4) is 0 Å². The molecule has 1 N–H and O–H groups in total. The van der Waals surface area contributed by atoms with Gasteiger partial charge in [-0.25, -0.2) is 4.79 Å². The van der Waals surface area contributed by atoms with Crippen LogP contribution in [0.5, 0.6) is 0 Å². The number of esters is 2. The average molecular weight is 1130 g/mol. The van der Waals surface area contributed by atoms with E-state index in [1.807, 2.05) is 6.08 Å². The van der Waals surface area contributed by atoms with E-state index in [4.69, 9.17) is 9.47 Å². The molecule has 3 atom stereocenters. The number of unbranched alkanes of at least 4 members (excludes halogenated alkanes) is 35. The SMILES string of the molecule is CCCCCCCCCCC(=O)CCCCCCC(=O)OCC(CCCCCC)CCCCCCCC.CCCCCCCCCCC(CCCCC=CC(=O)OCC(CCCCCC)CCCCCCCC)NCCCN(C)C. The molecule has 0 rings (SSSR count). The Hall–Kier alpha value is -1.73. The first-order chi connectivity index (χ1) is 39.2. The molecule has 476 valence electrons. The minimum absolute atomic E-state index is 0.0210. The molecule has 0 heterocycles. The molecule has 0 aliphatic carbocycles. The number of allylic oxidation sites excluding steroid dienone is 1. The highest BCUT2D eigenvalue weighted by Crippen LogP contribution is 2.22. The molecule has 0 aromatic rings. The van der Waals surface area contributed by atoms with Crippen molar-refractivity contribution in [2.75, 3.05) is 40.4 Å². The maximum atomic E-state index is 12.4. The van der Waals surface area contributed by atoms with Crippen LogP contribution >= 0.6 is 0 Å². The Balaban J connectivity index is 0. The summed E-state index contributed by atoms with van der Waals surface area (Å²) in [5.74, 6) is 1.34. The lowest BCUT2D eigenvalue weighted by Gasteiger charge is -2.19. The fourth-order valence-corrected chi connectivity index (χ4v) is 11.2. The van der Waals surface area contributed by atoms with Crippen LogP contribution in [0, 0.1) is 11.8 Å². The molecule has 0 amide bonds. The van der Waals surface area contributed by atoms with Crippen molar-refractivity contribution in [3.8, 4) is 0 Å². The summed E-state index contributed by atoms with van der Waals surface area (Å²) in [4.78, 5) is 39.1. The Labute approximate surface area is 501 Å². The van der Waals surface area contributed by atoms with Crippen LogP contribution in [0.25, 0.3) is 0 Å². The van der Waals surface area contributed by atoms with Gasteiger partial charge in [-0.05, 0) is 116 Å². The number of hydrogen-bond donors (Lipinski definition) is 1. The Kier molecular flexibility index (Phi) is 68.3. The summed E-state index contributed by atoms with van der Waals surface area (Å²) in [5, 5.41) is 3.86. The number of nitrogens with one attached hydrogen (secondary N) is 1. The first kappa shape index (κ1) is 80.3. The van der Waals surface area contributed by atoms with Gasteiger partial charge in [0.05, 0.1) is 13.2 Å². The van der Waals surface area contributed by atoms with Crippen LogP contribution in [0.1, 0.15) is 382 Å². The minimum Gasteiger partial charge on any atom is -0.465 e. The second kappa shape index (κ2) is 68.1. The average Bonchev–Trinajstić information content (AvgIpc) is 3.45. The molecular formula is C73H144N2O5. The molecule has 3 unspecified atom stereocenters. The molecule has 7 nitrogen and oxygen atoms in total. The summed E-state index contributed by atoms with van der Waals surface area (Å²) >= 11 is 0. The van der Waals surface area contributed by atoms with Crippen molar-refractivity contribution in [3.05, 3.63) is 12.2 Å². The number of Topliss-reactive ketones (excluding diaryl/α,β-unsaturated/α-hetero) is 1. The summed E-state index contributed by atoms with van der Waals surface area (Å²) in [5.41, 5.74) is 0. The van der Waals surface area contributed by atoms with E-state index in [1.165, 1.54) is 276 Å². The number of ketones is 1. The van der Waals surface area contributed by atoms with Gasteiger partial charge in [-0.15, -0.1) is 0 Å². The van der Waals surface area contributed by atoms with Crippen LogP contribution in [-0.2, 0) is 23.9 Å². The van der Waals surface area contributed by atoms with E-state index in [2.05, 4.69) is 65.9 Å². The summed E-state index contributed by atoms with van der Waals surface area (Å²) in [6.07, 6.45) is 69.3. The highest BCUT2D eigenvalue weighted by Gasteiger charge is 2.14. The van der Waals surface area contributed by atoms with Crippen molar-refractivity contribution in [2.45, 2.75) is 388 Å². The molecule has 0 aromatic heterocycles. The molecule has 80 heavy (non-hydrogen) atoms. The van der Waals surface area contributed by atoms with Crippen molar-refractivity contribution in [1.82, 2.24) is 10.2 Å². The third-order valence-electron chi connectivity index (χ3n) is 16.7. The molecule has 0 saturated heterocycles. The van der Waals surface area contributed by atoms with Gasteiger partial charge in [0.15, 0.2) is 0 Å². The van der Waals surface area contributed by atoms with E-state index in [-0.39, 0.29) is 11.9 Å². The molecule has 0 bridgehead atoms. The lowest BCUT2D eigenvalue weighted by Crippen LogP contribution is -2.31. The zero-order chi connectivity index (χ0) is 58.9. The predicted octanol–water partition coefficient (Wildman–Crippen LogP) is 22.7. The Morgan fingerprint density at radius 1 is 0.375 bits per heavy atom. The third kappa shape index (κ3) is 65.4. The van der Waals surface area contributed by atoms with E-state index in [0.29, 0.717) is 43.3 Å². The zero-order valence-corrected chi connectivity index (χ0v) is 55.7. The van der Waals surface area contributed by atoms with Crippen molar-refractivity contribution < 1.29 is 23.9 Å². The molecule has 0 aromatic carbocycles. The van der Waals surface area contributed by atoms with Gasteiger partial charge in [0.2, 0.25) is 0 Å². The highest BCUT2D eigenvalue weighted by atomic mass is 16.5. The van der Waals surface area contributed by atoms with Crippen molar-refractivity contribution in [2.24, 2.45) is 11.8 Å². The fourth-order valence-electron chi connectivity index (χ4n) is 11.2. The number of rotatable bonds is 64. The van der Waals surface area contributed by atoms with Crippen molar-refractivity contribution in [1.29, 1.82) is 0 Å². The van der Waals surface area contributed by atoms with Gasteiger partial charge in [0.25, 0.3) is 0 Å². The molecule has 0 aliphatic heterocycles. The molecule has 0 radical (unpaired) electrons. The van der Waals surface area contributed by atoms with E-state index in [1.54, 1.807) is 6.08 Å². The van der Waals surface area contributed by atoms with Gasteiger partial charge in [-0.1, -0.05) is 292 Å². The Bertz CT molecular complexity index is 1270. The number of hydrogen-bond acceptors (Lipinski definition) is 7. The first-order valence-electron chi connectivity index (χ1n) is 36.1. The van der Waals surface area contributed by atoms with Gasteiger partial charge < -0.3 is 19.7 Å². The smallest absolute Gasteiger partial charge is 0.330 e. The van der Waals surface area contributed by atoms with Crippen LogP contribution in [-0.4, -0.2) is 69.1 Å². The molecule has 7 heteroatoms.